The fourth-order valence-electron chi connectivity index (χ4n) is 2.83. The third kappa shape index (κ3) is 3.60. The molecule has 0 radical (unpaired) electrons. The van der Waals surface area contributed by atoms with E-state index < -0.39 is 10.0 Å². The van der Waals surface area contributed by atoms with Crippen LogP contribution in [0.25, 0.3) is 10.6 Å². The van der Waals surface area contributed by atoms with Gasteiger partial charge in [-0.15, -0.1) is 10.2 Å². The maximum atomic E-state index is 12.1. The fraction of sp³-hybridized carbons (Fsp3) is 0.500. The summed E-state index contributed by atoms with van der Waals surface area (Å²) in [6, 6.07) is 7.70. The van der Waals surface area contributed by atoms with Crippen LogP contribution in [0.5, 0.6) is 5.75 Å². The predicted molar refractivity (Wildman–Crippen MR) is 94.9 cm³/mol. The van der Waals surface area contributed by atoms with Gasteiger partial charge in [-0.05, 0) is 44.0 Å². The molecule has 1 atom stereocenters. The molecule has 8 heteroatoms. The van der Waals surface area contributed by atoms with Crippen LogP contribution in [0.4, 0.5) is 0 Å². The number of nitrogens with zero attached hydrogens (tertiary/aromatic N) is 3. The van der Waals surface area contributed by atoms with Gasteiger partial charge in [-0.3, -0.25) is 0 Å². The van der Waals surface area contributed by atoms with Gasteiger partial charge >= 0.3 is 0 Å². The van der Waals surface area contributed by atoms with E-state index in [0.29, 0.717) is 13.1 Å². The summed E-state index contributed by atoms with van der Waals surface area (Å²) < 4.78 is 31.0. The predicted octanol–water partition coefficient (Wildman–Crippen LogP) is 2.74. The van der Waals surface area contributed by atoms with Gasteiger partial charge in [-0.1, -0.05) is 11.3 Å². The quantitative estimate of drug-likeness (QED) is 0.812. The molecular formula is C16H21N3O3S2. The summed E-state index contributed by atoms with van der Waals surface area (Å²) in [5, 5.41) is 10.4. The lowest BCUT2D eigenvalue weighted by atomic mass is 10.0. The first-order chi connectivity index (χ1) is 11.5. The summed E-state index contributed by atoms with van der Waals surface area (Å²) in [7, 11) is -1.50. The SMILES string of the molecule is CCS(=O)(=O)N1CCCC(c2nnc(-c3ccc(OC)cc3)s2)C1. The summed E-state index contributed by atoms with van der Waals surface area (Å²) in [5.41, 5.74) is 0.994. The Morgan fingerprint density at radius 3 is 2.71 bits per heavy atom. The highest BCUT2D eigenvalue weighted by Crippen LogP contribution is 2.33. The molecule has 1 unspecified atom stereocenters. The van der Waals surface area contributed by atoms with Gasteiger partial charge in [0.1, 0.15) is 15.8 Å². The molecule has 2 aromatic rings. The molecule has 130 valence electrons. The molecule has 0 amide bonds. The van der Waals surface area contributed by atoms with Crippen molar-refractivity contribution < 1.29 is 13.2 Å². The second-order valence-electron chi connectivity index (χ2n) is 5.77. The second-order valence-corrected chi connectivity index (χ2v) is 9.04. The molecule has 1 aliphatic rings. The molecule has 2 heterocycles. The third-order valence-corrected chi connectivity index (χ3v) is 7.25. The van der Waals surface area contributed by atoms with Gasteiger partial charge in [-0.25, -0.2) is 12.7 Å². The topological polar surface area (TPSA) is 72.4 Å². The molecular weight excluding hydrogens is 346 g/mol. The summed E-state index contributed by atoms with van der Waals surface area (Å²) >= 11 is 1.54. The van der Waals surface area contributed by atoms with Gasteiger partial charge < -0.3 is 4.74 Å². The van der Waals surface area contributed by atoms with E-state index in [2.05, 4.69) is 10.2 Å². The number of hydrogen-bond acceptors (Lipinski definition) is 6. The van der Waals surface area contributed by atoms with Crippen molar-refractivity contribution in [1.82, 2.24) is 14.5 Å². The Kier molecular flexibility index (Phi) is 5.17. The molecule has 3 rings (SSSR count). The zero-order chi connectivity index (χ0) is 17.2. The zero-order valence-corrected chi connectivity index (χ0v) is 15.4. The molecule has 0 saturated carbocycles. The number of piperidine rings is 1. The smallest absolute Gasteiger partial charge is 0.213 e. The summed E-state index contributed by atoms with van der Waals surface area (Å²) in [5.74, 6) is 1.08. The van der Waals surface area contributed by atoms with Crippen molar-refractivity contribution in [2.45, 2.75) is 25.7 Å². The molecule has 1 aromatic carbocycles. The Balaban J connectivity index is 1.77. The van der Waals surface area contributed by atoms with Crippen molar-refractivity contribution in [2.75, 3.05) is 26.0 Å². The molecule has 1 fully saturated rings. The number of hydrogen-bond donors (Lipinski definition) is 0. The summed E-state index contributed by atoms with van der Waals surface area (Å²) in [4.78, 5) is 0. The van der Waals surface area contributed by atoms with Crippen LogP contribution in [0.3, 0.4) is 0 Å². The normalized spacial score (nSPS) is 19.3. The van der Waals surface area contributed by atoms with E-state index in [0.717, 1.165) is 34.2 Å². The van der Waals surface area contributed by atoms with Crippen LogP contribution in [-0.2, 0) is 10.0 Å². The highest BCUT2D eigenvalue weighted by Gasteiger charge is 2.30. The number of benzene rings is 1. The number of rotatable bonds is 5. The highest BCUT2D eigenvalue weighted by atomic mass is 32.2. The number of methoxy groups -OCH3 is 1. The van der Waals surface area contributed by atoms with Gasteiger partial charge in [0.15, 0.2) is 0 Å². The second kappa shape index (κ2) is 7.16. The minimum absolute atomic E-state index is 0.129. The van der Waals surface area contributed by atoms with Crippen LogP contribution >= 0.6 is 11.3 Å². The number of ether oxygens (including phenoxy) is 1. The maximum absolute atomic E-state index is 12.1. The lowest BCUT2D eigenvalue weighted by Crippen LogP contribution is -2.39. The zero-order valence-electron chi connectivity index (χ0n) is 13.8. The molecule has 0 bridgehead atoms. The Hall–Kier alpha value is -1.51. The molecule has 6 nitrogen and oxygen atoms in total. The molecule has 0 spiro atoms. The van der Waals surface area contributed by atoms with Crippen molar-refractivity contribution in [3.63, 3.8) is 0 Å². The highest BCUT2D eigenvalue weighted by molar-refractivity contribution is 7.89. The van der Waals surface area contributed by atoms with Crippen LogP contribution in [0, 0.1) is 0 Å². The Morgan fingerprint density at radius 2 is 2.04 bits per heavy atom. The van der Waals surface area contributed by atoms with E-state index in [9.17, 15) is 8.42 Å². The van der Waals surface area contributed by atoms with E-state index in [-0.39, 0.29) is 11.7 Å². The Labute approximate surface area is 146 Å². The van der Waals surface area contributed by atoms with Gasteiger partial charge in [0.2, 0.25) is 10.0 Å². The first kappa shape index (κ1) is 17.3. The van der Waals surface area contributed by atoms with Gasteiger partial charge in [0.05, 0.1) is 12.9 Å². The standard InChI is InChI=1S/C16H21N3O3S2/c1-3-24(20,21)19-10-4-5-13(11-19)16-18-17-15(23-16)12-6-8-14(22-2)9-7-12/h6-9,13H,3-5,10-11H2,1-2H3. The van der Waals surface area contributed by atoms with Crippen LogP contribution < -0.4 is 4.74 Å². The Morgan fingerprint density at radius 1 is 1.29 bits per heavy atom. The van der Waals surface area contributed by atoms with E-state index >= 15 is 0 Å². The largest absolute Gasteiger partial charge is 0.497 e. The molecule has 1 saturated heterocycles. The minimum Gasteiger partial charge on any atom is -0.497 e. The van der Waals surface area contributed by atoms with E-state index in [1.54, 1.807) is 29.7 Å². The average Bonchev–Trinajstić information content (AvgIpc) is 3.12. The van der Waals surface area contributed by atoms with Gasteiger partial charge in [0, 0.05) is 24.6 Å². The first-order valence-electron chi connectivity index (χ1n) is 7.99. The van der Waals surface area contributed by atoms with Crippen molar-refractivity contribution in [2.24, 2.45) is 0 Å². The molecule has 1 aromatic heterocycles. The molecule has 0 N–H and O–H groups in total. The summed E-state index contributed by atoms with van der Waals surface area (Å²) in [6.07, 6.45) is 1.81. The number of aromatic nitrogens is 2. The van der Waals surface area contributed by atoms with Crippen LogP contribution in [0.1, 0.15) is 30.7 Å². The lowest BCUT2D eigenvalue weighted by molar-refractivity contribution is 0.315. The fourth-order valence-corrected chi connectivity index (χ4v) is 4.98. The van der Waals surface area contributed by atoms with E-state index in [4.69, 9.17) is 4.74 Å². The maximum Gasteiger partial charge on any atom is 0.213 e. The van der Waals surface area contributed by atoms with Crippen LogP contribution in [-0.4, -0.2) is 48.9 Å². The van der Waals surface area contributed by atoms with Gasteiger partial charge in [-0.2, -0.15) is 0 Å². The number of sulfonamides is 1. The van der Waals surface area contributed by atoms with Crippen LogP contribution in [0.15, 0.2) is 24.3 Å². The molecule has 24 heavy (non-hydrogen) atoms. The molecule has 1 aliphatic heterocycles. The van der Waals surface area contributed by atoms with E-state index in [1.165, 1.54) is 0 Å². The van der Waals surface area contributed by atoms with Gasteiger partial charge in [0.25, 0.3) is 0 Å². The van der Waals surface area contributed by atoms with E-state index in [1.807, 2.05) is 24.3 Å². The van der Waals surface area contributed by atoms with Crippen molar-refractivity contribution in [3.8, 4) is 16.3 Å². The third-order valence-electron chi connectivity index (χ3n) is 4.27. The van der Waals surface area contributed by atoms with Crippen molar-refractivity contribution in [3.05, 3.63) is 29.3 Å². The first-order valence-corrected chi connectivity index (χ1v) is 10.4. The van der Waals surface area contributed by atoms with Crippen molar-refractivity contribution in [1.29, 1.82) is 0 Å². The molecule has 0 aliphatic carbocycles. The Bertz CT molecular complexity index is 787. The monoisotopic (exact) mass is 367 g/mol. The summed E-state index contributed by atoms with van der Waals surface area (Å²) in [6.45, 7) is 2.80. The minimum atomic E-state index is -3.14. The lowest BCUT2D eigenvalue weighted by Gasteiger charge is -2.30. The average molecular weight is 367 g/mol. The van der Waals surface area contributed by atoms with Crippen molar-refractivity contribution >= 4 is 21.4 Å². The van der Waals surface area contributed by atoms with Crippen LogP contribution in [0.2, 0.25) is 0 Å².